The van der Waals surface area contributed by atoms with Gasteiger partial charge in [-0.15, -0.1) is 0 Å². The van der Waals surface area contributed by atoms with E-state index in [2.05, 4.69) is 10.4 Å². The molecule has 1 unspecified atom stereocenters. The van der Waals surface area contributed by atoms with E-state index in [4.69, 9.17) is 4.42 Å². The van der Waals surface area contributed by atoms with E-state index in [1.165, 1.54) is 4.68 Å². The topological polar surface area (TPSA) is 86.1 Å². The second-order valence-electron chi connectivity index (χ2n) is 4.83. The first-order chi connectivity index (χ1) is 9.49. The maximum atomic E-state index is 11.1. The van der Waals surface area contributed by atoms with Gasteiger partial charge >= 0.3 is 5.69 Å². The Bertz CT molecular complexity index is 589. The van der Waals surface area contributed by atoms with Gasteiger partial charge in [-0.1, -0.05) is 0 Å². The van der Waals surface area contributed by atoms with Crippen LogP contribution in [0.1, 0.15) is 24.8 Å². The Morgan fingerprint density at radius 1 is 1.60 bits per heavy atom. The summed E-state index contributed by atoms with van der Waals surface area (Å²) in [5.41, 5.74) is 0.454. The van der Waals surface area contributed by atoms with Gasteiger partial charge in [0.25, 0.3) is 0 Å². The fourth-order valence-electron chi connectivity index (χ4n) is 2.15. The number of nitrogens with zero attached hydrogens (tertiary/aromatic N) is 3. The quantitative estimate of drug-likeness (QED) is 0.648. The van der Waals surface area contributed by atoms with Crippen LogP contribution in [0, 0.1) is 17.0 Å². The van der Waals surface area contributed by atoms with E-state index in [-0.39, 0.29) is 11.7 Å². The molecule has 7 nitrogen and oxygen atoms in total. The molecule has 1 atom stereocenters. The van der Waals surface area contributed by atoms with E-state index in [1.807, 2.05) is 19.1 Å². The van der Waals surface area contributed by atoms with E-state index in [1.54, 1.807) is 20.2 Å². The average molecular weight is 278 g/mol. The second-order valence-corrected chi connectivity index (χ2v) is 4.83. The van der Waals surface area contributed by atoms with Crippen LogP contribution in [0.5, 0.6) is 0 Å². The summed E-state index contributed by atoms with van der Waals surface area (Å²) in [7, 11) is 1.70. The fourth-order valence-corrected chi connectivity index (χ4v) is 2.15. The van der Waals surface area contributed by atoms with E-state index in [9.17, 15) is 10.1 Å². The Hall–Kier alpha value is -2.31. The molecule has 0 bridgehead atoms. The van der Waals surface area contributed by atoms with Crippen LogP contribution in [0.25, 0.3) is 0 Å². The van der Waals surface area contributed by atoms with Crippen molar-refractivity contribution < 1.29 is 9.34 Å². The van der Waals surface area contributed by atoms with E-state index >= 15 is 0 Å². The zero-order valence-electron chi connectivity index (χ0n) is 11.8. The van der Waals surface area contributed by atoms with Gasteiger partial charge in [-0.2, -0.15) is 5.10 Å². The molecule has 0 saturated heterocycles. The van der Waals surface area contributed by atoms with Gasteiger partial charge < -0.3 is 9.73 Å². The first-order valence-electron chi connectivity index (χ1n) is 6.46. The molecule has 2 aromatic heterocycles. The third-order valence-corrected chi connectivity index (χ3v) is 3.16. The van der Waals surface area contributed by atoms with Gasteiger partial charge in [0.2, 0.25) is 5.82 Å². The minimum absolute atomic E-state index is 0.0392. The highest BCUT2D eigenvalue weighted by Gasteiger charge is 2.24. The minimum atomic E-state index is -0.399. The molecule has 0 radical (unpaired) electrons. The first kappa shape index (κ1) is 14.1. The van der Waals surface area contributed by atoms with Gasteiger partial charge in [0.1, 0.15) is 11.5 Å². The van der Waals surface area contributed by atoms with Crippen LogP contribution >= 0.6 is 0 Å². The molecule has 0 amide bonds. The maximum Gasteiger partial charge on any atom is 0.333 e. The molecule has 1 N–H and O–H groups in total. The lowest BCUT2D eigenvalue weighted by Gasteiger charge is -2.13. The number of anilines is 1. The number of aromatic nitrogens is 2. The fraction of sp³-hybridized carbons (Fsp3) is 0.462. The molecule has 0 spiro atoms. The lowest BCUT2D eigenvalue weighted by atomic mass is 10.1. The van der Waals surface area contributed by atoms with Gasteiger partial charge in [-0.25, -0.2) is 4.68 Å². The van der Waals surface area contributed by atoms with Gasteiger partial charge in [0, 0.05) is 19.5 Å². The van der Waals surface area contributed by atoms with Crippen LogP contribution in [-0.4, -0.2) is 20.7 Å². The van der Waals surface area contributed by atoms with Gasteiger partial charge in [-0.3, -0.25) is 10.1 Å². The Labute approximate surface area is 116 Å². The average Bonchev–Trinajstić information content (AvgIpc) is 2.96. The standard InChI is InChI=1S/C13H18N4O3/c1-9(6-7-11-5-4-8-20-11)14-13-12(17(18)19)10(2)15-16(13)3/h4-5,8-9,14H,6-7H2,1-3H3. The predicted molar refractivity (Wildman–Crippen MR) is 74.7 cm³/mol. The molecule has 0 aromatic carbocycles. The summed E-state index contributed by atoms with van der Waals surface area (Å²) in [6.45, 7) is 3.62. The third-order valence-electron chi connectivity index (χ3n) is 3.16. The molecule has 2 heterocycles. The summed E-state index contributed by atoms with van der Waals surface area (Å²) in [5, 5.41) is 18.3. The molecule has 0 aliphatic heterocycles. The number of furan rings is 1. The Morgan fingerprint density at radius 3 is 2.95 bits per heavy atom. The summed E-state index contributed by atoms with van der Waals surface area (Å²) in [6, 6.07) is 3.85. The molecule has 2 rings (SSSR count). The highest BCUT2D eigenvalue weighted by Crippen LogP contribution is 2.28. The highest BCUT2D eigenvalue weighted by molar-refractivity contribution is 5.59. The molecule has 0 aliphatic carbocycles. The number of hydrogen-bond donors (Lipinski definition) is 1. The molecule has 108 valence electrons. The van der Waals surface area contributed by atoms with Crippen molar-refractivity contribution in [2.45, 2.75) is 32.7 Å². The number of nitrogens with one attached hydrogen (secondary N) is 1. The van der Waals surface area contributed by atoms with Crippen molar-refractivity contribution >= 4 is 11.5 Å². The van der Waals surface area contributed by atoms with E-state index in [0.717, 1.165) is 18.6 Å². The predicted octanol–water partition coefficient (Wildman–Crippen LogP) is 2.66. The van der Waals surface area contributed by atoms with Crippen molar-refractivity contribution in [3.63, 3.8) is 0 Å². The van der Waals surface area contributed by atoms with Gasteiger partial charge in [0.05, 0.1) is 11.2 Å². The van der Waals surface area contributed by atoms with Crippen LogP contribution in [-0.2, 0) is 13.5 Å². The van der Waals surface area contributed by atoms with Crippen molar-refractivity contribution in [1.82, 2.24) is 9.78 Å². The van der Waals surface area contributed by atoms with Crippen LogP contribution in [0.3, 0.4) is 0 Å². The monoisotopic (exact) mass is 278 g/mol. The molecule has 0 fully saturated rings. The molecule has 0 aliphatic rings. The zero-order chi connectivity index (χ0) is 14.7. The smallest absolute Gasteiger partial charge is 0.333 e. The van der Waals surface area contributed by atoms with Crippen molar-refractivity contribution in [2.75, 3.05) is 5.32 Å². The molecular formula is C13H18N4O3. The van der Waals surface area contributed by atoms with Crippen LogP contribution in [0.4, 0.5) is 11.5 Å². The highest BCUT2D eigenvalue weighted by atomic mass is 16.6. The van der Waals surface area contributed by atoms with E-state index < -0.39 is 4.92 Å². The number of nitro groups is 1. The lowest BCUT2D eigenvalue weighted by molar-refractivity contribution is -0.384. The molecular weight excluding hydrogens is 260 g/mol. The Balaban J connectivity index is 2.04. The second kappa shape index (κ2) is 5.77. The van der Waals surface area contributed by atoms with Crippen molar-refractivity contribution in [2.24, 2.45) is 7.05 Å². The molecule has 0 saturated carbocycles. The van der Waals surface area contributed by atoms with Gasteiger partial charge in [-0.05, 0) is 32.4 Å². The number of hydrogen-bond acceptors (Lipinski definition) is 5. The van der Waals surface area contributed by atoms with Crippen molar-refractivity contribution in [3.8, 4) is 0 Å². The lowest BCUT2D eigenvalue weighted by Crippen LogP contribution is -2.18. The zero-order valence-corrected chi connectivity index (χ0v) is 11.8. The Morgan fingerprint density at radius 2 is 2.35 bits per heavy atom. The summed E-state index contributed by atoms with van der Waals surface area (Å²) in [5.74, 6) is 1.36. The molecule has 2 aromatic rings. The summed E-state index contributed by atoms with van der Waals surface area (Å²) < 4.78 is 6.78. The van der Waals surface area contributed by atoms with E-state index in [0.29, 0.717) is 11.5 Å². The van der Waals surface area contributed by atoms with Crippen molar-refractivity contribution in [3.05, 3.63) is 40.0 Å². The van der Waals surface area contributed by atoms with Crippen LogP contribution in [0.15, 0.2) is 22.8 Å². The summed E-state index contributed by atoms with van der Waals surface area (Å²) >= 11 is 0. The SMILES string of the molecule is Cc1nn(C)c(NC(C)CCc2ccco2)c1[N+](=O)[O-]. The van der Waals surface area contributed by atoms with Crippen LogP contribution < -0.4 is 5.32 Å². The van der Waals surface area contributed by atoms with Crippen LogP contribution in [0.2, 0.25) is 0 Å². The normalized spacial score (nSPS) is 12.3. The summed E-state index contributed by atoms with van der Waals surface area (Å²) in [6.07, 6.45) is 3.24. The molecule has 20 heavy (non-hydrogen) atoms. The third kappa shape index (κ3) is 2.98. The summed E-state index contributed by atoms with van der Waals surface area (Å²) in [4.78, 5) is 10.7. The Kier molecular flexibility index (Phi) is 4.07. The first-order valence-corrected chi connectivity index (χ1v) is 6.46. The molecule has 7 heteroatoms. The number of rotatable bonds is 6. The van der Waals surface area contributed by atoms with Gasteiger partial charge in [0.15, 0.2) is 0 Å². The minimum Gasteiger partial charge on any atom is -0.469 e. The number of aryl methyl sites for hydroxylation is 3. The van der Waals surface area contributed by atoms with Crippen molar-refractivity contribution in [1.29, 1.82) is 0 Å². The largest absolute Gasteiger partial charge is 0.469 e. The maximum absolute atomic E-state index is 11.1.